The van der Waals surface area contributed by atoms with E-state index in [1.807, 2.05) is 43.3 Å². The summed E-state index contributed by atoms with van der Waals surface area (Å²) in [6.45, 7) is 0.930. The van der Waals surface area contributed by atoms with E-state index in [-0.39, 0.29) is 6.10 Å². The molecule has 4 rings (SSSR count). The molecule has 3 aromatic rings. The second-order valence-corrected chi connectivity index (χ2v) is 7.75. The zero-order valence-corrected chi connectivity index (χ0v) is 18.3. The fraction of sp³-hybridized carbons (Fsp3) is 0.364. The molecule has 1 fully saturated rings. The van der Waals surface area contributed by atoms with Crippen molar-refractivity contribution in [3.8, 4) is 11.5 Å². The number of rotatable bonds is 6. The van der Waals surface area contributed by atoms with Crippen LogP contribution in [-0.2, 0) is 0 Å². The first kappa shape index (κ1) is 21.4. The fourth-order valence-corrected chi connectivity index (χ4v) is 3.62. The number of aromatic nitrogens is 3. The maximum atomic E-state index is 11.1. The quantitative estimate of drug-likeness (QED) is 0.598. The molecule has 0 radical (unpaired) electrons. The number of anilines is 3. The maximum Gasteiger partial charge on any atom is 0.407 e. The van der Waals surface area contributed by atoms with E-state index in [9.17, 15) is 4.79 Å². The third-order valence-electron chi connectivity index (χ3n) is 5.40. The van der Waals surface area contributed by atoms with Crippen molar-refractivity contribution in [3.05, 3.63) is 36.8 Å². The Morgan fingerprint density at radius 3 is 2.62 bits per heavy atom. The van der Waals surface area contributed by atoms with Crippen molar-refractivity contribution in [2.45, 2.75) is 18.9 Å². The van der Waals surface area contributed by atoms with Crippen molar-refractivity contribution >= 4 is 34.3 Å². The number of nitrogens with zero attached hydrogens (tertiary/aromatic N) is 5. The minimum absolute atomic E-state index is 0.0546. The molecule has 0 spiro atoms. The molecule has 10 nitrogen and oxygen atoms in total. The van der Waals surface area contributed by atoms with E-state index < -0.39 is 6.09 Å². The lowest BCUT2D eigenvalue weighted by Crippen LogP contribution is -2.41. The van der Waals surface area contributed by atoms with Crippen LogP contribution >= 0.6 is 0 Å². The summed E-state index contributed by atoms with van der Waals surface area (Å²) >= 11 is 0. The van der Waals surface area contributed by atoms with Gasteiger partial charge in [0.05, 0.1) is 18.8 Å². The lowest BCUT2D eigenvalue weighted by atomic mass is 10.1. The van der Waals surface area contributed by atoms with Crippen molar-refractivity contribution in [1.29, 1.82) is 0 Å². The van der Waals surface area contributed by atoms with Crippen molar-refractivity contribution in [2.75, 3.05) is 44.5 Å². The minimum atomic E-state index is -0.887. The number of benzene rings is 1. The zero-order valence-electron chi connectivity index (χ0n) is 18.3. The Labute approximate surface area is 185 Å². The second-order valence-electron chi connectivity index (χ2n) is 7.75. The highest BCUT2D eigenvalue weighted by atomic mass is 16.5. The summed E-state index contributed by atoms with van der Waals surface area (Å²) in [4.78, 5) is 27.5. The Balaban J connectivity index is 1.52. The molecule has 1 aliphatic heterocycles. The predicted molar refractivity (Wildman–Crippen MR) is 121 cm³/mol. The van der Waals surface area contributed by atoms with Crippen LogP contribution in [0.1, 0.15) is 12.8 Å². The highest BCUT2D eigenvalue weighted by Crippen LogP contribution is 2.34. The van der Waals surface area contributed by atoms with E-state index in [4.69, 9.17) is 14.6 Å². The second kappa shape index (κ2) is 9.13. The van der Waals surface area contributed by atoms with Crippen LogP contribution in [0.5, 0.6) is 11.5 Å². The Bertz CT molecular complexity index is 1110. The number of carboxylic acid groups (broad SMARTS) is 1. The highest BCUT2D eigenvalue weighted by molar-refractivity contribution is 5.91. The summed E-state index contributed by atoms with van der Waals surface area (Å²) in [5.41, 5.74) is 1.53. The van der Waals surface area contributed by atoms with E-state index in [1.54, 1.807) is 13.3 Å². The van der Waals surface area contributed by atoms with Crippen LogP contribution in [0, 0.1) is 0 Å². The third-order valence-corrected chi connectivity index (χ3v) is 5.40. The summed E-state index contributed by atoms with van der Waals surface area (Å²) in [5.74, 6) is 2.69. The van der Waals surface area contributed by atoms with Crippen LogP contribution < -0.4 is 19.7 Å². The maximum absolute atomic E-state index is 11.1. The first-order valence-electron chi connectivity index (χ1n) is 10.3. The number of hydrogen-bond acceptors (Lipinski definition) is 8. The standard InChI is InChI=1S/C22H26N6O4/c1-27(2)20-11-16-17(12-23-20)24-13-25-21(16)26-14-4-5-18(19(10-14)31-3)32-15-6-8-28(9-7-15)22(29)30/h4-5,10-13,15H,6-9H2,1-3H3,(H,29,30)(H,24,25,26). The smallest absolute Gasteiger partial charge is 0.407 e. The number of pyridine rings is 1. The van der Waals surface area contributed by atoms with Gasteiger partial charge in [0, 0.05) is 57.2 Å². The minimum Gasteiger partial charge on any atom is -0.493 e. The van der Waals surface area contributed by atoms with Gasteiger partial charge in [0.2, 0.25) is 0 Å². The molecule has 168 valence electrons. The Hall–Kier alpha value is -3.82. The number of nitrogens with one attached hydrogen (secondary N) is 1. The molecular weight excluding hydrogens is 412 g/mol. The van der Waals surface area contributed by atoms with Gasteiger partial charge in [0.25, 0.3) is 0 Å². The zero-order chi connectivity index (χ0) is 22.7. The van der Waals surface area contributed by atoms with Crippen molar-refractivity contribution in [3.63, 3.8) is 0 Å². The Morgan fingerprint density at radius 2 is 1.94 bits per heavy atom. The number of piperidine rings is 1. The Kier molecular flexibility index (Phi) is 6.11. The van der Waals surface area contributed by atoms with E-state index in [0.717, 1.165) is 22.4 Å². The molecule has 10 heteroatoms. The van der Waals surface area contributed by atoms with Crippen LogP contribution in [0.15, 0.2) is 36.8 Å². The average molecular weight is 438 g/mol. The lowest BCUT2D eigenvalue weighted by Gasteiger charge is -2.30. The van der Waals surface area contributed by atoms with Crippen LogP contribution in [-0.4, -0.2) is 71.5 Å². The normalized spacial score (nSPS) is 14.3. The SMILES string of the molecule is COc1cc(Nc2ncnc3cnc(N(C)C)cc23)ccc1OC1CCN(C(=O)O)CC1. The average Bonchev–Trinajstić information content (AvgIpc) is 2.80. The van der Waals surface area contributed by atoms with E-state index in [0.29, 0.717) is 43.2 Å². The van der Waals surface area contributed by atoms with Crippen LogP contribution in [0.4, 0.5) is 22.1 Å². The van der Waals surface area contributed by atoms with Gasteiger partial charge in [0.15, 0.2) is 11.5 Å². The van der Waals surface area contributed by atoms with Crippen molar-refractivity contribution in [1.82, 2.24) is 19.9 Å². The number of fused-ring (bicyclic) bond motifs is 1. The van der Waals surface area contributed by atoms with Gasteiger partial charge in [-0.25, -0.2) is 19.7 Å². The van der Waals surface area contributed by atoms with Gasteiger partial charge in [-0.3, -0.25) is 0 Å². The summed E-state index contributed by atoms with van der Waals surface area (Å²) in [5, 5.41) is 13.3. The monoisotopic (exact) mass is 438 g/mol. The first-order chi connectivity index (χ1) is 15.4. The molecule has 0 bridgehead atoms. The number of methoxy groups -OCH3 is 1. The molecular formula is C22H26N6O4. The van der Waals surface area contributed by atoms with E-state index in [1.165, 1.54) is 11.2 Å². The van der Waals surface area contributed by atoms with Crippen LogP contribution in [0.25, 0.3) is 10.9 Å². The molecule has 1 aromatic carbocycles. The summed E-state index contributed by atoms with van der Waals surface area (Å²) in [7, 11) is 5.45. The van der Waals surface area contributed by atoms with Gasteiger partial charge in [-0.1, -0.05) is 0 Å². The fourth-order valence-electron chi connectivity index (χ4n) is 3.62. The molecule has 32 heavy (non-hydrogen) atoms. The number of carbonyl (C=O) groups is 1. The lowest BCUT2D eigenvalue weighted by molar-refractivity contribution is 0.0878. The van der Waals surface area contributed by atoms with Gasteiger partial charge < -0.3 is 29.7 Å². The van der Waals surface area contributed by atoms with Crippen molar-refractivity contribution in [2.24, 2.45) is 0 Å². The predicted octanol–water partition coefficient (Wildman–Crippen LogP) is 3.36. The first-order valence-corrected chi connectivity index (χ1v) is 10.3. The van der Waals surface area contributed by atoms with E-state index in [2.05, 4.69) is 20.3 Å². The molecule has 0 saturated carbocycles. The van der Waals surface area contributed by atoms with Crippen LogP contribution in [0.3, 0.4) is 0 Å². The number of hydrogen-bond donors (Lipinski definition) is 2. The number of ether oxygens (including phenoxy) is 2. The van der Waals surface area contributed by atoms with Gasteiger partial charge in [0.1, 0.15) is 24.1 Å². The molecule has 1 saturated heterocycles. The Morgan fingerprint density at radius 1 is 1.16 bits per heavy atom. The van der Waals surface area contributed by atoms with Crippen LogP contribution in [0.2, 0.25) is 0 Å². The molecule has 0 unspecified atom stereocenters. The topological polar surface area (TPSA) is 113 Å². The molecule has 0 atom stereocenters. The van der Waals surface area contributed by atoms with Gasteiger partial charge >= 0.3 is 6.09 Å². The number of amides is 1. The molecule has 2 aromatic heterocycles. The molecule has 3 heterocycles. The molecule has 0 aliphatic carbocycles. The summed E-state index contributed by atoms with van der Waals surface area (Å²) < 4.78 is 11.7. The number of likely N-dealkylation sites (tertiary alicyclic amines) is 1. The van der Waals surface area contributed by atoms with E-state index >= 15 is 0 Å². The summed E-state index contributed by atoms with van der Waals surface area (Å²) in [6.07, 6.45) is 3.57. The molecule has 1 aliphatic rings. The highest BCUT2D eigenvalue weighted by Gasteiger charge is 2.24. The molecule has 1 amide bonds. The largest absolute Gasteiger partial charge is 0.493 e. The van der Waals surface area contributed by atoms with Gasteiger partial charge in [-0.2, -0.15) is 0 Å². The van der Waals surface area contributed by atoms with Gasteiger partial charge in [-0.05, 0) is 18.2 Å². The third kappa shape index (κ3) is 4.58. The summed E-state index contributed by atoms with van der Waals surface area (Å²) in [6, 6.07) is 7.53. The van der Waals surface area contributed by atoms with Gasteiger partial charge in [-0.15, -0.1) is 0 Å². The van der Waals surface area contributed by atoms with Crippen molar-refractivity contribution < 1.29 is 19.4 Å². The molecule has 2 N–H and O–H groups in total.